The molecule has 15 heavy (non-hydrogen) atoms. The normalized spacial score (nSPS) is 12.4. The van der Waals surface area contributed by atoms with Crippen molar-refractivity contribution in [3.05, 3.63) is 11.6 Å². The summed E-state index contributed by atoms with van der Waals surface area (Å²) in [5.74, 6) is -2.00. The van der Waals surface area contributed by atoms with E-state index in [0.717, 1.165) is 0 Å². The fraction of sp³-hybridized carbons (Fsp3) is 0.500. The second-order valence-electron chi connectivity index (χ2n) is 2.61. The highest BCUT2D eigenvalue weighted by atomic mass is 35.6. The molecule has 4 nitrogen and oxygen atoms in total. The molecule has 0 rings (SSSR count). The molecule has 86 valence electrons. The van der Waals surface area contributed by atoms with Crippen molar-refractivity contribution in [1.29, 1.82) is 0 Å². The highest BCUT2D eigenvalue weighted by Gasteiger charge is 2.32. The van der Waals surface area contributed by atoms with Gasteiger partial charge < -0.3 is 9.84 Å². The lowest BCUT2D eigenvalue weighted by atomic mass is 10.2. The minimum Gasteiger partial charge on any atom is -0.478 e. The minimum atomic E-state index is -2.09. The zero-order chi connectivity index (χ0) is 12.1. The summed E-state index contributed by atoms with van der Waals surface area (Å²) in [5, 5.41) is 8.48. The van der Waals surface area contributed by atoms with E-state index in [1.807, 2.05) is 0 Å². The lowest BCUT2D eigenvalue weighted by molar-refractivity contribution is -0.142. The Morgan fingerprint density at radius 3 is 2.33 bits per heavy atom. The van der Waals surface area contributed by atoms with Crippen molar-refractivity contribution in [2.75, 3.05) is 6.61 Å². The monoisotopic (exact) mass is 274 g/mol. The van der Waals surface area contributed by atoms with E-state index in [9.17, 15) is 9.59 Å². The summed E-state index contributed by atoms with van der Waals surface area (Å²) in [5.41, 5.74) is 0.167. The second kappa shape index (κ2) is 6.20. The molecule has 0 aromatic heterocycles. The molecule has 0 aliphatic heterocycles. The van der Waals surface area contributed by atoms with Crippen LogP contribution in [0.4, 0.5) is 0 Å². The molecule has 0 radical (unpaired) electrons. The van der Waals surface area contributed by atoms with E-state index in [1.165, 1.54) is 13.0 Å². The smallest absolute Gasteiger partial charge is 0.358 e. The maximum absolute atomic E-state index is 10.9. The Balaban J connectivity index is 3.87. The van der Waals surface area contributed by atoms with Crippen LogP contribution in [0, 0.1) is 0 Å². The van der Waals surface area contributed by atoms with Crippen molar-refractivity contribution < 1.29 is 19.4 Å². The standard InChI is InChI=1S/C8H9Cl3O4/c1-5(6(12)13)3-2-4-15-7(14)8(9,10)11/h3H,2,4H2,1H3,(H,12,13). The molecule has 0 aliphatic carbocycles. The Bertz CT molecular complexity index is 280. The Labute approximate surface area is 102 Å². The first-order chi connectivity index (χ1) is 6.75. The third-order valence-corrected chi connectivity index (χ3v) is 1.83. The minimum absolute atomic E-state index is 0.0304. The van der Waals surface area contributed by atoms with Crippen LogP contribution in [0.15, 0.2) is 11.6 Å². The maximum Gasteiger partial charge on any atom is 0.358 e. The van der Waals surface area contributed by atoms with Gasteiger partial charge in [0, 0.05) is 12.0 Å². The fourth-order valence-corrected chi connectivity index (χ4v) is 0.760. The Morgan fingerprint density at radius 2 is 1.93 bits per heavy atom. The van der Waals surface area contributed by atoms with E-state index in [-0.39, 0.29) is 18.6 Å². The molecule has 0 saturated heterocycles. The summed E-state index contributed by atoms with van der Waals surface area (Å²) in [6.07, 6.45) is 1.67. The van der Waals surface area contributed by atoms with Crippen LogP contribution >= 0.6 is 34.8 Å². The van der Waals surface area contributed by atoms with Gasteiger partial charge >= 0.3 is 11.9 Å². The summed E-state index contributed by atoms with van der Waals surface area (Å²) in [4.78, 5) is 21.2. The Hall–Kier alpha value is -0.450. The molecule has 0 bridgehead atoms. The van der Waals surface area contributed by atoms with Crippen LogP contribution in [-0.2, 0) is 14.3 Å². The lowest BCUT2D eigenvalue weighted by Gasteiger charge is -2.09. The van der Waals surface area contributed by atoms with Crippen LogP contribution in [0.25, 0.3) is 0 Å². The third-order valence-electron chi connectivity index (χ3n) is 1.37. The molecule has 0 spiro atoms. The number of aliphatic carboxylic acids is 1. The van der Waals surface area contributed by atoms with Crippen LogP contribution in [0.1, 0.15) is 13.3 Å². The van der Waals surface area contributed by atoms with Gasteiger partial charge in [0.25, 0.3) is 3.79 Å². The molecule has 0 fully saturated rings. The van der Waals surface area contributed by atoms with Gasteiger partial charge in [-0.1, -0.05) is 40.9 Å². The van der Waals surface area contributed by atoms with Gasteiger partial charge in [-0.25, -0.2) is 9.59 Å². The van der Waals surface area contributed by atoms with Crippen LogP contribution in [0.3, 0.4) is 0 Å². The number of alkyl halides is 3. The van der Waals surface area contributed by atoms with Crippen molar-refractivity contribution in [3.8, 4) is 0 Å². The summed E-state index contributed by atoms with van der Waals surface area (Å²) >= 11 is 15.7. The van der Waals surface area contributed by atoms with E-state index in [2.05, 4.69) is 4.74 Å². The van der Waals surface area contributed by atoms with E-state index in [0.29, 0.717) is 0 Å². The summed E-state index contributed by atoms with van der Waals surface area (Å²) < 4.78 is 2.47. The van der Waals surface area contributed by atoms with Crippen LogP contribution < -0.4 is 0 Å². The first kappa shape index (κ1) is 14.6. The number of carbonyl (C=O) groups is 2. The van der Waals surface area contributed by atoms with Gasteiger partial charge in [-0.2, -0.15) is 0 Å². The molecular weight excluding hydrogens is 266 g/mol. The zero-order valence-corrected chi connectivity index (χ0v) is 10.1. The molecule has 1 N–H and O–H groups in total. The highest BCUT2D eigenvalue weighted by molar-refractivity contribution is 6.75. The van der Waals surface area contributed by atoms with Gasteiger partial charge in [0.2, 0.25) is 0 Å². The van der Waals surface area contributed by atoms with Gasteiger partial charge in [0.15, 0.2) is 0 Å². The topological polar surface area (TPSA) is 63.6 Å². The van der Waals surface area contributed by atoms with Crippen molar-refractivity contribution in [2.24, 2.45) is 0 Å². The number of esters is 1. The molecular formula is C8H9Cl3O4. The molecule has 0 atom stereocenters. The first-order valence-electron chi connectivity index (χ1n) is 3.89. The summed E-state index contributed by atoms with van der Waals surface area (Å²) in [6, 6.07) is 0. The van der Waals surface area contributed by atoms with Gasteiger partial charge in [-0.05, 0) is 6.92 Å². The molecule has 0 saturated carbocycles. The Kier molecular flexibility index (Phi) is 6.02. The molecule has 0 aliphatic rings. The quantitative estimate of drug-likeness (QED) is 0.370. The Morgan fingerprint density at radius 1 is 1.40 bits per heavy atom. The van der Waals surface area contributed by atoms with Crippen molar-refractivity contribution in [3.63, 3.8) is 0 Å². The molecule has 7 heteroatoms. The van der Waals surface area contributed by atoms with Crippen LogP contribution in [0.5, 0.6) is 0 Å². The lowest BCUT2D eigenvalue weighted by Crippen LogP contribution is -2.22. The number of halogens is 3. The van der Waals surface area contributed by atoms with Crippen LogP contribution in [-0.4, -0.2) is 27.4 Å². The number of hydrogen-bond donors (Lipinski definition) is 1. The van der Waals surface area contributed by atoms with E-state index in [1.54, 1.807) is 0 Å². The number of ether oxygens (including phenoxy) is 1. The van der Waals surface area contributed by atoms with Gasteiger partial charge in [0.05, 0.1) is 6.61 Å². The number of carboxylic acids is 1. The number of carboxylic acid groups (broad SMARTS) is 1. The SMILES string of the molecule is CC(=CCCOC(=O)C(Cl)(Cl)Cl)C(=O)O. The maximum atomic E-state index is 10.9. The molecule has 0 amide bonds. The predicted molar refractivity (Wildman–Crippen MR) is 57.3 cm³/mol. The van der Waals surface area contributed by atoms with Crippen molar-refractivity contribution >= 4 is 46.7 Å². The third kappa shape index (κ3) is 6.60. The average molecular weight is 276 g/mol. The highest BCUT2D eigenvalue weighted by Crippen LogP contribution is 2.27. The predicted octanol–water partition coefficient (Wildman–Crippen LogP) is 2.32. The molecule has 0 heterocycles. The summed E-state index contributed by atoms with van der Waals surface area (Å²) in [6.45, 7) is 1.40. The van der Waals surface area contributed by atoms with Crippen molar-refractivity contribution in [2.45, 2.75) is 17.1 Å². The van der Waals surface area contributed by atoms with Gasteiger partial charge in [-0.3, -0.25) is 0 Å². The van der Waals surface area contributed by atoms with E-state index >= 15 is 0 Å². The van der Waals surface area contributed by atoms with Crippen molar-refractivity contribution in [1.82, 2.24) is 0 Å². The largest absolute Gasteiger partial charge is 0.478 e. The van der Waals surface area contributed by atoms with Crippen LogP contribution in [0.2, 0.25) is 0 Å². The second-order valence-corrected chi connectivity index (χ2v) is 4.90. The number of rotatable bonds is 4. The van der Waals surface area contributed by atoms with Gasteiger partial charge in [0.1, 0.15) is 0 Å². The first-order valence-corrected chi connectivity index (χ1v) is 5.02. The average Bonchev–Trinajstić information content (AvgIpc) is 2.09. The van der Waals surface area contributed by atoms with E-state index < -0.39 is 15.7 Å². The van der Waals surface area contributed by atoms with Gasteiger partial charge in [-0.15, -0.1) is 0 Å². The number of carbonyl (C=O) groups excluding carboxylic acids is 1. The fourth-order valence-electron chi connectivity index (χ4n) is 0.596. The molecule has 0 aromatic rings. The molecule has 0 aromatic carbocycles. The van der Waals surface area contributed by atoms with E-state index in [4.69, 9.17) is 39.9 Å². The molecule has 0 unspecified atom stereocenters. The number of hydrogen-bond acceptors (Lipinski definition) is 3. The summed E-state index contributed by atoms with van der Waals surface area (Å²) in [7, 11) is 0. The zero-order valence-electron chi connectivity index (χ0n) is 7.80.